The van der Waals surface area contributed by atoms with Gasteiger partial charge in [-0.15, -0.1) is 0 Å². The van der Waals surface area contributed by atoms with Crippen molar-refractivity contribution in [3.8, 4) is 11.4 Å². The van der Waals surface area contributed by atoms with E-state index >= 15 is 0 Å². The first-order valence-electron chi connectivity index (χ1n) is 6.26. The number of nitrogens with one attached hydrogen (secondary N) is 1. The van der Waals surface area contributed by atoms with Gasteiger partial charge in [-0.2, -0.15) is 5.10 Å². The molecule has 0 bridgehead atoms. The average Bonchev–Trinajstić information content (AvgIpc) is 2.90. The van der Waals surface area contributed by atoms with E-state index in [2.05, 4.69) is 10.2 Å². The van der Waals surface area contributed by atoms with Crippen molar-refractivity contribution in [1.82, 2.24) is 19.6 Å². The van der Waals surface area contributed by atoms with Crippen molar-refractivity contribution in [2.24, 2.45) is 0 Å². The summed E-state index contributed by atoms with van der Waals surface area (Å²) in [5, 5.41) is 8.18. The highest BCUT2D eigenvalue weighted by Gasteiger charge is 2.11. The van der Waals surface area contributed by atoms with Crippen molar-refractivity contribution in [2.45, 2.75) is 0 Å². The van der Waals surface area contributed by atoms with Crippen LogP contribution in [0.25, 0.3) is 27.9 Å². The molecule has 0 spiro atoms. The number of hydrogen-bond acceptors (Lipinski definition) is 3. The third-order valence-electron chi connectivity index (χ3n) is 3.29. The van der Waals surface area contributed by atoms with Crippen LogP contribution in [-0.2, 0) is 0 Å². The minimum atomic E-state index is 0.553. The lowest BCUT2D eigenvalue weighted by Gasteiger charge is -2.07. The maximum Gasteiger partial charge on any atom is 0.201 e. The zero-order valence-electron chi connectivity index (χ0n) is 10.4. The summed E-state index contributed by atoms with van der Waals surface area (Å²) in [4.78, 5) is 4.74. The van der Waals surface area contributed by atoms with E-state index in [1.165, 1.54) is 0 Å². The minimum absolute atomic E-state index is 0.553. The van der Waals surface area contributed by atoms with Gasteiger partial charge in [0.05, 0.1) is 5.52 Å². The Hall–Kier alpha value is -2.53. The molecule has 0 fully saturated rings. The SMILES string of the molecule is S=c1[nH]nc2c3ccccc3nc(-c3ccccc3)n12. The predicted molar refractivity (Wildman–Crippen MR) is 81.1 cm³/mol. The zero-order valence-corrected chi connectivity index (χ0v) is 11.3. The molecule has 0 radical (unpaired) electrons. The van der Waals surface area contributed by atoms with E-state index < -0.39 is 0 Å². The molecule has 4 nitrogen and oxygen atoms in total. The summed E-state index contributed by atoms with van der Waals surface area (Å²) in [6.45, 7) is 0. The fourth-order valence-electron chi connectivity index (χ4n) is 2.38. The number of aromatic nitrogens is 4. The maximum absolute atomic E-state index is 5.34. The van der Waals surface area contributed by atoms with Crippen LogP contribution in [0.15, 0.2) is 54.6 Å². The first-order valence-corrected chi connectivity index (χ1v) is 6.67. The fraction of sp³-hybridized carbons (Fsp3) is 0. The van der Waals surface area contributed by atoms with Crippen molar-refractivity contribution in [3.63, 3.8) is 0 Å². The van der Waals surface area contributed by atoms with Crippen molar-refractivity contribution >= 4 is 28.8 Å². The number of benzene rings is 2. The Morgan fingerprint density at radius 2 is 1.70 bits per heavy atom. The van der Waals surface area contributed by atoms with Gasteiger partial charge in [0.25, 0.3) is 0 Å². The lowest BCUT2D eigenvalue weighted by molar-refractivity contribution is 1.06. The van der Waals surface area contributed by atoms with Crippen LogP contribution in [0.2, 0.25) is 0 Å². The summed E-state index contributed by atoms with van der Waals surface area (Å²) < 4.78 is 2.43. The fourth-order valence-corrected chi connectivity index (χ4v) is 2.60. The van der Waals surface area contributed by atoms with E-state index in [1.54, 1.807) is 0 Å². The summed E-state index contributed by atoms with van der Waals surface area (Å²) in [5.41, 5.74) is 2.73. The Morgan fingerprint density at radius 1 is 0.950 bits per heavy atom. The van der Waals surface area contributed by atoms with Gasteiger partial charge in [0, 0.05) is 10.9 Å². The van der Waals surface area contributed by atoms with Gasteiger partial charge in [-0.25, -0.2) is 4.98 Å². The molecule has 20 heavy (non-hydrogen) atoms. The van der Waals surface area contributed by atoms with E-state index in [-0.39, 0.29) is 0 Å². The topological polar surface area (TPSA) is 46.0 Å². The molecule has 2 heterocycles. The van der Waals surface area contributed by atoms with Crippen LogP contribution in [0.3, 0.4) is 0 Å². The molecule has 0 unspecified atom stereocenters. The van der Waals surface area contributed by atoms with Gasteiger partial charge in [-0.1, -0.05) is 42.5 Å². The van der Waals surface area contributed by atoms with Crippen LogP contribution in [0.1, 0.15) is 0 Å². The maximum atomic E-state index is 5.34. The van der Waals surface area contributed by atoms with Crippen molar-refractivity contribution in [2.75, 3.05) is 0 Å². The Balaban J connectivity index is 2.23. The molecule has 0 aliphatic heterocycles. The van der Waals surface area contributed by atoms with E-state index in [0.717, 1.165) is 27.9 Å². The number of H-pyrrole nitrogens is 1. The van der Waals surface area contributed by atoms with Crippen LogP contribution in [0, 0.1) is 4.77 Å². The summed E-state index contributed by atoms with van der Waals surface area (Å²) in [6, 6.07) is 17.9. The summed E-state index contributed by atoms with van der Waals surface area (Å²) in [5.74, 6) is 0.804. The monoisotopic (exact) mass is 278 g/mol. The number of para-hydroxylation sites is 1. The average molecular weight is 278 g/mol. The van der Waals surface area contributed by atoms with Gasteiger partial charge in [0.1, 0.15) is 5.82 Å². The summed E-state index contributed by atoms with van der Waals surface area (Å²) in [6.07, 6.45) is 0. The Kier molecular flexibility index (Phi) is 2.40. The molecule has 96 valence electrons. The number of nitrogens with zero attached hydrogens (tertiary/aromatic N) is 3. The molecule has 0 atom stereocenters. The second kappa shape index (κ2) is 4.25. The standard InChI is InChI=1S/C15H10N4S/c20-15-18-17-14-11-8-4-5-9-12(11)16-13(19(14)15)10-6-2-1-3-7-10/h1-9H,(H,18,20). The molecule has 5 heteroatoms. The van der Waals surface area contributed by atoms with E-state index in [1.807, 2.05) is 59.0 Å². The van der Waals surface area contributed by atoms with Crippen LogP contribution < -0.4 is 0 Å². The van der Waals surface area contributed by atoms with Crippen LogP contribution >= 0.6 is 12.2 Å². The van der Waals surface area contributed by atoms with Gasteiger partial charge in [-0.3, -0.25) is 9.50 Å². The molecule has 1 N–H and O–H groups in total. The third kappa shape index (κ3) is 1.57. The highest BCUT2D eigenvalue weighted by atomic mass is 32.1. The smallest absolute Gasteiger partial charge is 0.201 e. The summed E-state index contributed by atoms with van der Waals surface area (Å²) in [7, 11) is 0. The van der Waals surface area contributed by atoms with E-state index in [0.29, 0.717) is 4.77 Å². The molecule has 0 aliphatic rings. The van der Waals surface area contributed by atoms with Gasteiger partial charge in [-0.05, 0) is 24.4 Å². The van der Waals surface area contributed by atoms with Crippen LogP contribution in [-0.4, -0.2) is 19.6 Å². The largest absolute Gasteiger partial charge is 0.251 e. The molecule has 0 aliphatic carbocycles. The molecule has 2 aromatic carbocycles. The Bertz CT molecular complexity index is 969. The molecular formula is C15H10N4S. The second-order valence-corrected chi connectivity index (χ2v) is 4.89. The van der Waals surface area contributed by atoms with E-state index in [4.69, 9.17) is 17.2 Å². The zero-order chi connectivity index (χ0) is 13.5. The second-order valence-electron chi connectivity index (χ2n) is 4.51. The number of fused-ring (bicyclic) bond motifs is 3. The lowest BCUT2D eigenvalue weighted by atomic mass is 10.2. The van der Waals surface area contributed by atoms with Gasteiger partial charge in [0.2, 0.25) is 4.77 Å². The van der Waals surface area contributed by atoms with Crippen molar-refractivity contribution in [3.05, 3.63) is 59.4 Å². The highest BCUT2D eigenvalue weighted by Crippen LogP contribution is 2.24. The molecule has 4 aromatic rings. The predicted octanol–water partition coefficient (Wildman–Crippen LogP) is 3.61. The number of hydrogen-bond donors (Lipinski definition) is 1. The summed E-state index contributed by atoms with van der Waals surface area (Å²) >= 11 is 5.34. The first kappa shape index (κ1) is 11.3. The highest BCUT2D eigenvalue weighted by molar-refractivity contribution is 7.71. The van der Waals surface area contributed by atoms with Gasteiger partial charge in [0.15, 0.2) is 5.65 Å². The molecule has 2 aromatic heterocycles. The third-order valence-corrected chi connectivity index (χ3v) is 3.56. The molecule has 0 saturated heterocycles. The Labute approximate surface area is 119 Å². The number of rotatable bonds is 1. The Morgan fingerprint density at radius 3 is 2.55 bits per heavy atom. The van der Waals surface area contributed by atoms with Gasteiger partial charge < -0.3 is 0 Å². The normalized spacial score (nSPS) is 11.2. The van der Waals surface area contributed by atoms with Crippen molar-refractivity contribution in [1.29, 1.82) is 0 Å². The molecule has 4 rings (SSSR count). The van der Waals surface area contributed by atoms with Crippen molar-refractivity contribution < 1.29 is 0 Å². The van der Waals surface area contributed by atoms with Crippen LogP contribution in [0.4, 0.5) is 0 Å². The molecule has 0 amide bonds. The quantitative estimate of drug-likeness (QED) is 0.541. The molecular weight excluding hydrogens is 268 g/mol. The minimum Gasteiger partial charge on any atom is -0.251 e. The number of aromatic amines is 1. The first-order chi connectivity index (χ1) is 9.84. The lowest BCUT2D eigenvalue weighted by Crippen LogP contribution is -1.97. The van der Waals surface area contributed by atoms with Gasteiger partial charge >= 0.3 is 0 Å². The van der Waals surface area contributed by atoms with Crippen LogP contribution in [0.5, 0.6) is 0 Å². The molecule has 0 saturated carbocycles. The van der Waals surface area contributed by atoms with E-state index in [9.17, 15) is 0 Å².